The van der Waals surface area contributed by atoms with Crippen molar-refractivity contribution in [1.29, 1.82) is 0 Å². The second kappa shape index (κ2) is 8.05. The average molecular weight is 365 g/mol. The largest absolute Gasteiger partial charge is 0.393 e. The molecule has 0 aromatic heterocycles. The zero-order chi connectivity index (χ0) is 18.8. The number of carbonyl (C=O) groups is 3. The van der Waals surface area contributed by atoms with E-state index < -0.39 is 12.1 Å². The van der Waals surface area contributed by atoms with Gasteiger partial charge in [-0.25, -0.2) is 0 Å². The van der Waals surface area contributed by atoms with Crippen LogP contribution < -0.4 is 11.1 Å². The highest BCUT2D eigenvalue weighted by Gasteiger charge is 2.55. The number of nitrogens with zero attached hydrogens (tertiary/aromatic N) is 1. The lowest BCUT2D eigenvalue weighted by molar-refractivity contribution is -0.151. The van der Waals surface area contributed by atoms with E-state index in [2.05, 4.69) is 5.32 Å². The molecule has 3 fully saturated rings. The van der Waals surface area contributed by atoms with Crippen molar-refractivity contribution < 1.29 is 19.5 Å². The molecule has 26 heavy (non-hydrogen) atoms. The van der Waals surface area contributed by atoms with E-state index in [-0.39, 0.29) is 41.6 Å². The molecule has 1 saturated carbocycles. The molecule has 7 heteroatoms. The third kappa shape index (κ3) is 3.64. The number of carbonyl (C=O) groups excluding carboxylic acids is 3. The Morgan fingerprint density at radius 1 is 1.23 bits per heavy atom. The van der Waals surface area contributed by atoms with Gasteiger partial charge in [0.05, 0.1) is 6.10 Å². The molecule has 2 unspecified atom stereocenters. The van der Waals surface area contributed by atoms with Crippen LogP contribution in [-0.2, 0) is 14.4 Å². The van der Waals surface area contributed by atoms with Crippen molar-refractivity contribution in [3.05, 3.63) is 0 Å². The molecule has 146 valence electrons. The fourth-order valence-corrected chi connectivity index (χ4v) is 5.03. The first-order valence-electron chi connectivity index (χ1n) is 9.95. The Bertz CT molecular complexity index is 559. The number of unbranched alkanes of at least 4 members (excludes halogenated alkanes) is 1. The fourth-order valence-electron chi connectivity index (χ4n) is 5.03. The van der Waals surface area contributed by atoms with Gasteiger partial charge in [0.15, 0.2) is 0 Å². The van der Waals surface area contributed by atoms with Crippen LogP contribution in [0.4, 0.5) is 0 Å². The van der Waals surface area contributed by atoms with Crippen molar-refractivity contribution in [2.75, 3.05) is 6.54 Å². The first-order valence-corrected chi connectivity index (χ1v) is 9.95. The lowest BCUT2D eigenvalue weighted by Gasteiger charge is -2.42. The van der Waals surface area contributed by atoms with Crippen molar-refractivity contribution in [3.8, 4) is 0 Å². The van der Waals surface area contributed by atoms with E-state index >= 15 is 0 Å². The highest BCUT2D eigenvalue weighted by Crippen LogP contribution is 2.42. The summed E-state index contributed by atoms with van der Waals surface area (Å²) < 4.78 is 0. The highest BCUT2D eigenvalue weighted by molar-refractivity contribution is 5.99. The maximum absolute atomic E-state index is 13.2. The summed E-state index contributed by atoms with van der Waals surface area (Å²) in [5, 5.41) is 12.7. The van der Waals surface area contributed by atoms with Crippen LogP contribution in [0.3, 0.4) is 0 Å². The summed E-state index contributed by atoms with van der Waals surface area (Å²) >= 11 is 0. The van der Waals surface area contributed by atoms with Gasteiger partial charge in [-0.2, -0.15) is 0 Å². The molecule has 4 atom stereocenters. The third-order valence-electron chi connectivity index (χ3n) is 6.41. The molecule has 0 aromatic carbocycles. The number of nitrogens with two attached hydrogens (primary N) is 1. The van der Waals surface area contributed by atoms with Crippen LogP contribution in [0.15, 0.2) is 0 Å². The van der Waals surface area contributed by atoms with Gasteiger partial charge in [-0.3, -0.25) is 14.4 Å². The molecule has 0 radical (unpaired) electrons. The summed E-state index contributed by atoms with van der Waals surface area (Å²) in [6, 6.07) is -1.24. The van der Waals surface area contributed by atoms with E-state index in [0.717, 1.165) is 25.7 Å². The molecule has 2 saturated heterocycles. The Morgan fingerprint density at radius 3 is 2.54 bits per heavy atom. The predicted octanol–water partition coefficient (Wildman–Crippen LogP) is 0.340. The quantitative estimate of drug-likeness (QED) is 0.588. The van der Waals surface area contributed by atoms with Crippen LogP contribution in [0.5, 0.6) is 0 Å². The van der Waals surface area contributed by atoms with Crippen molar-refractivity contribution in [2.45, 2.75) is 82.5 Å². The van der Waals surface area contributed by atoms with Gasteiger partial charge in [0, 0.05) is 12.0 Å². The monoisotopic (exact) mass is 365 g/mol. The molecule has 1 aliphatic carbocycles. The lowest BCUT2D eigenvalue weighted by atomic mass is 9.77. The van der Waals surface area contributed by atoms with Crippen LogP contribution in [0.1, 0.15) is 58.3 Å². The van der Waals surface area contributed by atoms with Gasteiger partial charge in [0.1, 0.15) is 17.9 Å². The molecule has 3 rings (SSSR count). The Labute approximate surface area is 154 Å². The van der Waals surface area contributed by atoms with Crippen molar-refractivity contribution >= 4 is 17.6 Å². The molecule has 0 aromatic rings. The molecule has 0 spiro atoms. The third-order valence-corrected chi connectivity index (χ3v) is 6.41. The van der Waals surface area contributed by atoms with Crippen LogP contribution in [0, 0.1) is 11.8 Å². The van der Waals surface area contributed by atoms with Crippen LogP contribution in [-0.4, -0.2) is 58.4 Å². The predicted molar refractivity (Wildman–Crippen MR) is 96.0 cm³/mol. The standard InChI is InChI=1S/C19H31N3O4/c1-11(23)14-10-16-18(25)21-15(4-2-3-9-20)19(26)22(16)17(14)12-5-7-13(24)8-6-12/h12-17,24H,2-10,20H2,1H3,(H,21,25)/t12?,13?,14?,15-,16+,17?/m0/s1. The van der Waals surface area contributed by atoms with Gasteiger partial charge >= 0.3 is 0 Å². The molecule has 2 aliphatic heterocycles. The number of fused-ring (bicyclic) bond motifs is 1. The zero-order valence-corrected chi connectivity index (χ0v) is 15.5. The van der Waals surface area contributed by atoms with Gasteiger partial charge in [0.2, 0.25) is 11.8 Å². The van der Waals surface area contributed by atoms with Crippen molar-refractivity contribution in [2.24, 2.45) is 17.6 Å². The number of aliphatic hydroxyl groups is 1. The second-order valence-electron chi connectivity index (χ2n) is 8.12. The second-order valence-corrected chi connectivity index (χ2v) is 8.12. The average Bonchev–Trinajstić information content (AvgIpc) is 3.02. The number of Topliss-reactive ketones (excluding diaryl/α,β-unsaturated/α-hetero) is 1. The number of nitrogens with one attached hydrogen (secondary N) is 1. The smallest absolute Gasteiger partial charge is 0.246 e. The normalized spacial score (nSPS) is 37.4. The first-order chi connectivity index (χ1) is 12.4. The Hall–Kier alpha value is -1.47. The van der Waals surface area contributed by atoms with Crippen molar-refractivity contribution in [3.63, 3.8) is 0 Å². The number of aliphatic hydroxyl groups excluding tert-OH is 1. The summed E-state index contributed by atoms with van der Waals surface area (Å²) in [6.07, 6.45) is 5.33. The summed E-state index contributed by atoms with van der Waals surface area (Å²) in [7, 11) is 0. The minimum Gasteiger partial charge on any atom is -0.393 e. The molecule has 2 amide bonds. The molecule has 4 N–H and O–H groups in total. The lowest BCUT2D eigenvalue weighted by Crippen LogP contribution is -2.64. The summed E-state index contributed by atoms with van der Waals surface area (Å²) in [6.45, 7) is 2.13. The van der Waals surface area contributed by atoms with E-state index in [0.29, 0.717) is 32.2 Å². The Morgan fingerprint density at radius 2 is 1.92 bits per heavy atom. The number of piperazine rings is 1. The van der Waals surface area contributed by atoms with E-state index in [1.807, 2.05) is 0 Å². The minimum atomic E-state index is -0.529. The van der Waals surface area contributed by atoms with Crippen LogP contribution in [0.2, 0.25) is 0 Å². The van der Waals surface area contributed by atoms with Crippen LogP contribution in [0.25, 0.3) is 0 Å². The SMILES string of the molecule is CC(=O)C1C[C@@H]2C(=O)N[C@@H](CCCCN)C(=O)N2C1C1CCC(O)CC1. The number of hydrogen-bond donors (Lipinski definition) is 3. The number of amides is 2. The topological polar surface area (TPSA) is 113 Å². The van der Waals surface area contributed by atoms with E-state index in [1.54, 1.807) is 11.8 Å². The van der Waals surface area contributed by atoms with Gasteiger partial charge in [-0.15, -0.1) is 0 Å². The summed E-state index contributed by atoms with van der Waals surface area (Å²) in [5.74, 6) is -0.233. The Balaban J connectivity index is 1.82. The van der Waals surface area contributed by atoms with Crippen molar-refractivity contribution in [1.82, 2.24) is 10.2 Å². The summed E-state index contributed by atoms with van der Waals surface area (Å²) in [5.41, 5.74) is 5.53. The minimum absolute atomic E-state index is 0.0495. The van der Waals surface area contributed by atoms with E-state index in [9.17, 15) is 19.5 Å². The summed E-state index contributed by atoms with van der Waals surface area (Å²) in [4.78, 5) is 39.8. The Kier molecular flexibility index (Phi) is 5.97. The molecular formula is C19H31N3O4. The van der Waals surface area contributed by atoms with Gasteiger partial charge < -0.3 is 21.1 Å². The number of ketones is 1. The zero-order valence-electron chi connectivity index (χ0n) is 15.5. The van der Waals surface area contributed by atoms with Gasteiger partial charge in [-0.05, 0) is 70.8 Å². The number of rotatable bonds is 6. The fraction of sp³-hybridized carbons (Fsp3) is 0.842. The van der Waals surface area contributed by atoms with Gasteiger partial charge in [-0.1, -0.05) is 0 Å². The molecular weight excluding hydrogens is 334 g/mol. The molecule has 7 nitrogen and oxygen atoms in total. The molecule has 2 heterocycles. The van der Waals surface area contributed by atoms with Crippen LogP contribution >= 0.6 is 0 Å². The van der Waals surface area contributed by atoms with E-state index in [4.69, 9.17) is 5.73 Å². The maximum atomic E-state index is 13.2. The van der Waals surface area contributed by atoms with Gasteiger partial charge in [0.25, 0.3) is 0 Å². The molecule has 3 aliphatic rings. The van der Waals surface area contributed by atoms with E-state index in [1.165, 1.54) is 0 Å². The molecule has 0 bridgehead atoms. The highest BCUT2D eigenvalue weighted by atomic mass is 16.3. The number of hydrogen-bond acceptors (Lipinski definition) is 5. The maximum Gasteiger partial charge on any atom is 0.246 e. The first kappa shape index (κ1) is 19.3.